The first-order valence-corrected chi connectivity index (χ1v) is 8.38. The molecule has 0 aromatic heterocycles. The molecule has 2 atom stereocenters. The number of ketones is 2. The zero-order valence-corrected chi connectivity index (χ0v) is 14.1. The minimum atomic E-state index is -0.495. The maximum atomic E-state index is 12.5. The molecule has 0 bridgehead atoms. The topological polar surface area (TPSA) is 89.3 Å². The maximum Gasteiger partial charge on any atom is 0.223 e. The fourth-order valence-corrected chi connectivity index (χ4v) is 2.62. The van der Waals surface area contributed by atoms with E-state index in [1.54, 1.807) is 0 Å². The van der Waals surface area contributed by atoms with Gasteiger partial charge in [-0.15, -0.1) is 0 Å². The Morgan fingerprint density at radius 2 is 1.86 bits per heavy atom. The number of nitrogens with one attached hydrogen (secondary N) is 1. The number of amides is 1. The predicted molar refractivity (Wildman–Crippen MR) is 86.2 cm³/mol. The molecule has 126 valence electrons. The van der Waals surface area contributed by atoms with Gasteiger partial charge in [0.15, 0.2) is 5.78 Å². The number of hydrogen-bond donors (Lipinski definition) is 2. The molecule has 1 aliphatic carbocycles. The van der Waals surface area contributed by atoms with Gasteiger partial charge in [0.05, 0.1) is 6.04 Å². The average molecular weight is 310 g/mol. The molecular formula is C17H30N2O3. The van der Waals surface area contributed by atoms with Crippen molar-refractivity contribution in [3.05, 3.63) is 0 Å². The monoisotopic (exact) mass is 310 g/mol. The van der Waals surface area contributed by atoms with E-state index in [0.29, 0.717) is 31.7 Å². The Kier molecular flexibility index (Phi) is 7.73. The van der Waals surface area contributed by atoms with Gasteiger partial charge in [-0.1, -0.05) is 13.8 Å². The van der Waals surface area contributed by atoms with Crippen LogP contribution in [-0.2, 0) is 14.4 Å². The van der Waals surface area contributed by atoms with Crippen LogP contribution >= 0.6 is 0 Å². The predicted octanol–water partition coefficient (Wildman–Crippen LogP) is 1.83. The largest absolute Gasteiger partial charge is 0.346 e. The van der Waals surface area contributed by atoms with Crippen molar-refractivity contribution in [3.63, 3.8) is 0 Å². The van der Waals surface area contributed by atoms with Crippen LogP contribution in [0.4, 0.5) is 0 Å². The van der Waals surface area contributed by atoms with Gasteiger partial charge in [-0.3, -0.25) is 14.4 Å². The number of carbonyl (C=O) groups excluding carboxylic acids is 3. The second kappa shape index (κ2) is 9.03. The van der Waals surface area contributed by atoms with Gasteiger partial charge in [0.2, 0.25) is 5.91 Å². The zero-order chi connectivity index (χ0) is 16.7. The lowest BCUT2D eigenvalue weighted by Gasteiger charge is -2.21. The Bertz CT molecular complexity index is 403. The van der Waals surface area contributed by atoms with Gasteiger partial charge in [0.25, 0.3) is 0 Å². The smallest absolute Gasteiger partial charge is 0.223 e. The summed E-state index contributed by atoms with van der Waals surface area (Å²) in [7, 11) is 0. The van der Waals surface area contributed by atoms with Crippen LogP contribution in [-0.4, -0.2) is 30.1 Å². The van der Waals surface area contributed by atoms with Crippen molar-refractivity contribution in [1.29, 1.82) is 0 Å². The molecule has 0 unspecified atom stereocenters. The Hall–Kier alpha value is -1.23. The Balaban J connectivity index is 2.63. The summed E-state index contributed by atoms with van der Waals surface area (Å²) in [5.74, 6) is 0.179. The molecule has 1 amide bonds. The first-order valence-electron chi connectivity index (χ1n) is 8.38. The quantitative estimate of drug-likeness (QED) is 0.609. The summed E-state index contributed by atoms with van der Waals surface area (Å²) in [5, 5.41) is 2.86. The molecule has 0 aromatic carbocycles. The lowest BCUT2D eigenvalue weighted by atomic mass is 9.87. The molecule has 3 N–H and O–H groups in total. The third kappa shape index (κ3) is 6.69. The molecule has 0 aliphatic heterocycles. The minimum Gasteiger partial charge on any atom is -0.346 e. The van der Waals surface area contributed by atoms with Gasteiger partial charge in [0, 0.05) is 18.3 Å². The van der Waals surface area contributed by atoms with Crippen LogP contribution in [0.25, 0.3) is 0 Å². The van der Waals surface area contributed by atoms with E-state index in [1.165, 1.54) is 6.92 Å². The Labute approximate surface area is 133 Å². The number of carbonyl (C=O) groups is 3. The highest BCUT2D eigenvalue weighted by Crippen LogP contribution is 2.29. The first-order chi connectivity index (χ1) is 10.3. The summed E-state index contributed by atoms with van der Waals surface area (Å²) in [6, 6.07) is -0.495. The lowest BCUT2D eigenvalue weighted by Crippen LogP contribution is -2.43. The van der Waals surface area contributed by atoms with E-state index in [-0.39, 0.29) is 35.7 Å². The van der Waals surface area contributed by atoms with Crippen LogP contribution in [0.5, 0.6) is 0 Å². The number of Topliss-reactive ketones (excluding diaryl/α,β-unsaturated/α-hetero) is 2. The number of nitrogens with two attached hydrogens (primary N) is 1. The van der Waals surface area contributed by atoms with E-state index in [0.717, 1.165) is 12.8 Å². The molecule has 1 rings (SSSR count). The molecule has 5 nitrogen and oxygen atoms in total. The third-order valence-electron chi connectivity index (χ3n) is 4.13. The summed E-state index contributed by atoms with van der Waals surface area (Å²) in [4.78, 5) is 36.2. The molecule has 22 heavy (non-hydrogen) atoms. The van der Waals surface area contributed by atoms with Gasteiger partial charge in [-0.25, -0.2) is 0 Å². The van der Waals surface area contributed by atoms with Gasteiger partial charge >= 0.3 is 0 Å². The van der Waals surface area contributed by atoms with Crippen molar-refractivity contribution in [1.82, 2.24) is 5.32 Å². The Morgan fingerprint density at radius 1 is 1.23 bits per heavy atom. The third-order valence-corrected chi connectivity index (χ3v) is 4.13. The maximum absolute atomic E-state index is 12.5. The van der Waals surface area contributed by atoms with Crippen molar-refractivity contribution in [3.8, 4) is 0 Å². The highest BCUT2D eigenvalue weighted by atomic mass is 16.2. The number of rotatable bonds is 11. The standard InChI is InChI=1S/C17H30N2O3/c1-11(2)9-14(12(3)20)10-16(21)15(5-4-8-18)19-17(22)13-6-7-13/h11,13-15H,4-10,18H2,1-3H3,(H,19,22)/t14-,15+/m1/s1. The van der Waals surface area contributed by atoms with Crippen LogP contribution in [0, 0.1) is 17.8 Å². The molecule has 1 aliphatic rings. The van der Waals surface area contributed by atoms with Gasteiger partial charge < -0.3 is 11.1 Å². The molecule has 5 heteroatoms. The second-order valence-electron chi connectivity index (χ2n) is 6.87. The van der Waals surface area contributed by atoms with Crippen molar-refractivity contribution < 1.29 is 14.4 Å². The van der Waals surface area contributed by atoms with Crippen LogP contribution in [0.1, 0.15) is 59.3 Å². The van der Waals surface area contributed by atoms with Crippen LogP contribution in [0.3, 0.4) is 0 Å². The molecular weight excluding hydrogens is 280 g/mol. The molecule has 1 saturated carbocycles. The van der Waals surface area contributed by atoms with Crippen molar-refractivity contribution in [2.24, 2.45) is 23.5 Å². The molecule has 0 spiro atoms. The van der Waals surface area contributed by atoms with Crippen molar-refractivity contribution in [2.45, 2.75) is 65.3 Å². The second-order valence-corrected chi connectivity index (χ2v) is 6.87. The average Bonchev–Trinajstić information content (AvgIpc) is 3.26. The van der Waals surface area contributed by atoms with Gasteiger partial charge in [0.1, 0.15) is 5.78 Å². The van der Waals surface area contributed by atoms with E-state index in [9.17, 15) is 14.4 Å². The van der Waals surface area contributed by atoms with Gasteiger partial charge in [-0.2, -0.15) is 0 Å². The fourth-order valence-electron chi connectivity index (χ4n) is 2.62. The fraction of sp³-hybridized carbons (Fsp3) is 0.824. The van der Waals surface area contributed by atoms with E-state index >= 15 is 0 Å². The highest BCUT2D eigenvalue weighted by Gasteiger charge is 2.33. The van der Waals surface area contributed by atoms with E-state index in [1.807, 2.05) is 13.8 Å². The summed E-state index contributed by atoms with van der Waals surface area (Å²) >= 11 is 0. The summed E-state index contributed by atoms with van der Waals surface area (Å²) in [6.45, 7) is 6.12. The highest BCUT2D eigenvalue weighted by molar-refractivity contribution is 5.93. The van der Waals surface area contributed by atoms with E-state index in [4.69, 9.17) is 5.73 Å². The Morgan fingerprint density at radius 3 is 2.32 bits per heavy atom. The van der Waals surface area contributed by atoms with Crippen molar-refractivity contribution in [2.75, 3.05) is 6.54 Å². The van der Waals surface area contributed by atoms with Gasteiger partial charge in [-0.05, 0) is 51.5 Å². The first kappa shape index (κ1) is 18.8. The molecule has 0 aromatic rings. The molecule has 0 radical (unpaired) electrons. The lowest BCUT2D eigenvalue weighted by molar-refractivity contribution is -0.131. The summed E-state index contributed by atoms with van der Waals surface area (Å²) in [6.07, 6.45) is 3.99. The van der Waals surface area contributed by atoms with Crippen LogP contribution in [0.15, 0.2) is 0 Å². The molecule has 0 saturated heterocycles. The van der Waals surface area contributed by atoms with E-state index in [2.05, 4.69) is 5.32 Å². The van der Waals surface area contributed by atoms with E-state index < -0.39 is 6.04 Å². The number of hydrogen-bond acceptors (Lipinski definition) is 4. The molecule has 1 fully saturated rings. The zero-order valence-electron chi connectivity index (χ0n) is 14.1. The van der Waals surface area contributed by atoms with Crippen LogP contribution < -0.4 is 11.1 Å². The normalized spacial score (nSPS) is 17.1. The minimum absolute atomic E-state index is 0.0291. The summed E-state index contributed by atoms with van der Waals surface area (Å²) < 4.78 is 0. The molecule has 0 heterocycles. The summed E-state index contributed by atoms with van der Waals surface area (Å²) in [5.41, 5.74) is 5.52. The van der Waals surface area contributed by atoms with Crippen LogP contribution in [0.2, 0.25) is 0 Å². The SMILES string of the molecule is CC(=O)[C@@H](CC(=O)[C@H](CCCN)NC(=O)C1CC1)CC(C)C. The van der Waals surface area contributed by atoms with Crippen molar-refractivity contribution >= 4 is 17.5 Å².